The normalized spacial score (nSPS) is 20.1. The summed E-state index contributed by atoms with van der Waals surface area (Å²) >= 11 is 0. The Hall–Kier alpha value is -2.86. The highest BCUT2D eigenvalue weighted by Gasteiger charge is 2.42. The summed E-state index contributed by atoms with van der Waals surface area (Å²) in [5.74, 6) is -1.78. The van der Waals surface area contributed by atoms with Crippen LogP contribution >= 0.6 is 0 Å². The number of aryl methyl sites for hydroxylation is 1. The predicted octanol–water partition coefficient (Wildman–Crippen LogP) is 1.63. The molecule has 0 bridgehead atoms. The van der Waals surface area contributed by atoms with Gasteiger partial charge in [0, 0.05) is 11.3 Å². The summed E-state index contributed by atoms with van der Waals surface area (Å²) in [5, 5.41) is 12.7. The molecule has 3 rings (SSSR count). The molecule has 0 saturated carbocycles. The first-order chi connectivity index (χ1) is 11.1. The number of rotatable bonds is 3. The second-order valence-electron chi connectivity index (χ2n) is 5.51. The van der Waals surface area contributed by atoms with Crippen LogP contribution in [-0.4, -0.2) is 16.9 Å². The van der Waals surface area contributed by atoms with E-state index in [2.05, 4.69) is 16.2 Å². The maximum absolute atomic E-state index is 12.5. The fourth-order valence-corrected chi connectivity index (χ4v) is 2.68. The zero-order valence-corrected chi connectivity index (χ0v) is 12.5. The third-order valence-corrected chi connectivity index (χ3v) is 3.81. The standard InChI is InChI=1S/C17H17N3O3/c1-10-5-4-6-11(9-10)18-16(22)14-15(19-20-17(14)23)12-7-2-3-8-13(12)21/h2-9,14-15,19,21H,1H3,(H,18,22)(H,20,23)/t14-,15+/m1/s1. The number of anilines is 1. The van der Waals surface area contributed by atoms with Gasteiger partial charge < -0.3 is 10.4 Å². The second kappa shape index (κ2) is 6.10. The van der Waals surface area contributed by atoms with Crippen molar-refractivity contribution in [1.82, 2.24) is 10.9 Å². The fraction of sp³-hybridized carbons (Fsp3) is 0.176. The van der Waals surface area contributed by atoms with Gasteiger partial charge in [0.2, 0.25) is 11.8 Å². The zero-order valence-electron chi connectivity index (χ0n) is 12.5. The third-order valence-electron chi connectivity index (χ3n) is 3.81. The first-order valence-corrected chi connectivity index (χ1v) is 7.27. The molecule has 2 aromatic carbocycles. The van der Waals surface area contributed by atoms with Crippen molar-refractivity contribution in [2.24, 2.45) is 5.92 Å². The number of aromatic hydroxyl groups is 1. The highest BCUT2D eigenvalue weighted by atomic mass is 16.3. The largest absolute Gasteiger partial charge is 0.508 e. The molecule has 23 heavy (non-hydrogen) atoms. The van der Waals surface area contributed by atoms with Gasteiger partial charge in [-0.25, -0.2) is 5.43 Å². The van der Waals surface area contributed by atoms with E-state index in [0.717, 1.165) is 5.56 Å². The van der Waals surface area contributed by atoms with Gasteiger partial charge in [-0.3, -0.25) is 15.0 Å². The molecule has 0 aromatic heterocycles. The molecule has 6 heteroatoms. The van der Waals surface area contributed by atoms with E-state index >= 15 is 0 Å². The van der Waals surface area contributed by atoms with Crippen molar-refractivity contribution in [3.63, 3.8) is 0 Å². The second-order valence-corrected chi connectivity index (χ2v) is 5.51. The minimum absolute atomic E-state index is 0.0369. The van der Waals surface area contributed by atoms with E-state index in [1.807, 2.05) is 25.1 Å². The first kappa shape index (κ1) is 15.1. The lowest BCUT2D eigenvalue weighted by molar-refractivity contribution is -0.130. The summed E-state index contributed by atoms with van der Waals surface area (Å²) in [5.41, 5.74) is 7.37. The van der Waals surface area contributed by atoms with Gasteiger partial charge in [-0.1, -0.05) is 30.3 Å². The molecule has 1 aliphatic rings. The maximum atomic E-state index is 12.5. The molecule has 2 aromatic rings. The van der Waals surface area contributed by atoms with Crippen molar-refractivity contribution in [1.29, 1.82) is 0 Å². The SMILES string of the molecule is Cc1cccc(NC(=O)[C@@H]2C(=O)NN[C@H]2c2ccccc2O)c1. The molecule has 0 unspecified atom stereocenters. The molecule has 2 amide bonds. The van der Waals surface area contributed by atoms with E-state index in [1.54, 1.807) is 24.3 Å². The van der Waals surface area contributed by atoms with Gasteiger partial charge in [0.15, 0.2) is 0 Å². The monoisotopic (exact) mass is 311 g/mol. The minimum Gasteiger partial charge on any atom is -0.508 e. The summed E-state index contributed by atoms with van der Waals surface area (Å²) in [6.07, 6.45) is 0. The predicted molar refractivity (Wildman–Crippen MR) is 85.4 cm³/mol. The lowest BCUT2D eigenvalue weighted by Crippen LogP contribution is -2.32. The van der Waals surface area contributed by atoms with Crippen molar-refractivity contribution in [2.75, 3.05) is 5.32 Å². The number of carbonyl (C=O) groups excluding carboxylic acids is 2. The molecule has 0 radical (unpaired) electrons. The Kier molecular flexibility index (Phi) is 3.99. The molecule has 0 aliphatic carbocycles. The van der Waals surface area contributed by atoms with Crippen molar-refractivity contribution in [2.45, 2.75) is 13.0 Å². The number of hydrogen-bond donors (Lipinski definition) is 4. The number of nitrogens with one attached hydrogen (secondary N) is 3. The van der Waals surface area contributed by atoms with Gasteiger partial charge in [-0.2, -0.15) is 0 Å². The quantitative estimate of drug-likeness (QED) is 0.649. The van der Waals surface area contributed by atoms with Crippen LogP contribution in [0.4, 0.5) is 5.69 Å². The Balaban J connectivity index is 1.85. The van der Waals surface area contributed by atoms with Gasteiger partial charge in [0.05, 0.1) is 6.04 Å². The van der Waals surface area contributed by atoms with Gasteiger partial charge in [0.25, 0.3) is 0 Å². The summed E-state index contributed by atoms with van der Waals surface area (Å²) in [6.45, 7) is 1.92. The number of hydrazine groups is 1. The summed E-state index contributed by atoms with van der Waals surface area (Å²) < 4.78 is 0. The maximum Gasteiger partial charge on any atom is 0.248 e. The number of phenols is 1. The Morgan fingerprint density at radius 2 is 1.96 bits per heavy atom. The molecular formula is C17H17N3O3. The van der Waals surface area contributed by atoms with Crippen LogP contribution in [0.15, 0.2) is 48.5 Å². The van der Waals surface area contributed by atoms with E-state index in [-0.39, 0.29) is 5.75 Å². The van der Waals surface area contributed by atoms with Crippen LogP contribution < -0.4 is 16.2 Å². The fourth-order valence-electron chi connectivity index (χ4n) is 2.68. The molecule has 1 aliphatic heterocycles. The minimum atomic E-state index is -0.969. The van der Waals surface area contributed by atoms with Crippen molar-refractivity contribution in [3.05, 3.63) is 59.7 Å². The molecule has 6 nitrogen and oxygen atoms in total. The van der Waals surface area contributed by atoms with Gasteiger partial charge in [-0.15, -0.1) is 0 Å². The Bertz CT molecular complexity index is 760. The van der Waals surface area contributed by atoms with Crippen LogP contribution in [0, 0.1) is 12.8 Å². The van der Waals surface area contributed by atoms with E-state index in [4.69, 9.17) is 0 Å². The molecule has 118 valence electrons. The molecular weight excluding hydrogens is 294 g/mol. The Labute approximate surface area is 133 Å². The van der Waals surface area contributed by atoms with Gasteiger partial charge >= 0.3 is 0 Å². The average Bonchev–Trinajstić information content (AvgIpc) is 2.89. The third kappa shape index (κ3) is 3.02. The van der Waals surface area contributed by atoms with E-state index in [9.17, 15) is 14.7 Å². The van der Waals surface area contributed by atoms with Crippen molar-refractivity contribution in [3.8, 4) is 5.75 Å². The number of carbonyl (C=O) groups is 2. The summed E-state index contributed by atoms with van der Waals surface area (Å²) in [7, 11) is 0. The molecule has 1 saturated heterocycles. The van der Waals surface area contributed by atoms with Crippen LogP contribution in [0.1, 0.15) is 17.2 Å². The number of hydrogen-bond acceptors (Lipinski definition) is 4. The van der Waals surface area contributed by atoms with Crippen LogP contribution in [0.5, 0.6) is 5.75 Å². The van der Waals surface area contributed by atoms with Crippen LogP contribution in [0.25, 0.3) is 0 Å². The van der Waals surface area contributed by atoms with Gasteiger partial charge in [-0.05, 0) is 30.7 Å². The highest BCUT2D eigenvalue weighted by Crippen LogP contribution is 2.32. The van der Waals surface area contributed by atoms with Gasteiger partial charge in [0.1, 0.15) is 11.7 Å². The summed E-state index contributed by atoms with van der Waals surface area (Å²) in [6, 6.07) is 13.3. The van der Waals surface area contributed by atoms with Crippen molar-refractivity contribution >= 4 is 17.5 Å². The van der Waals surface area contributed by atoms with Crippen LogP contribution in [-0.2, 0) is 9.59 Å². The molecule has 4 N–H and O–H groups in total. The highest BCUT2D eigenvalue weighted by molar-refractivity contribution is 6.08. The number of amides is 2. The van der Waals surface area contributed by atoms with E-state index in [1.165, 1.54) is 6.07 Å². The number of para-hydroxylation sites is 1. The molecule has 0 spiro atoms. The lowest BCUT2D eigenvalue weighted by Gasteiger charge is -2.18. The topological polar surface area (TPSA) is 90.5 Å². The van der Waals surface area contributed by atoms with Crippen LogP contribution in [0.2, 0.25) is 0 Å². The zero-order chi connectivity index (χ0) is 16.4. The smallest absolute Gasteiger partial charge is 0.248 e. The summed E-state index contributed by atoms with van der Waals surface area (Å²) in [4.78, 5) is 24.6. The van der Waals surface area contributed by atoms with E-state index in [0.29, 0.717) is 11.3 Å². The lowest BCUT2D eigenvalue weighted by atomic mass is 9.93. The average molecular weight is 311 g/mol. The first-order valence-electron chi connectivity index (χ1n) is 7.27. The van der Waals surface area contributed by atoms with Crippen molar-refractivity contribution < 1.29 is 14.7 Å². The molecule has 1 heterocycles. The van der Waals surface area contributed by atoms with Crippen LogP contribution in [0.3, 0.4) is 0 Å². The molecule has 2 atom stereocenters. The number of phenolic OH excluding ortho intramolecular Hbond substituents is 1. The Morgan fingerprint density at radius 1 is 1.17 bits per heavy atom. The van der Waals surface area contributed by atoms with E-state index < -0.39 is 23.8 Å². The Morgan fingerprint density at radius 3 is 2.70 bits per heavy atom. The molecule has 1 fully saturated rings. The number of benzene rings is 2.